The van der Waals surface area contributed by atoms with Crippen molar-refractivity contribution in [1.82, 2.24) is 4.72 Å². The van der Waals surface area contributed by atoms with Crippen molar-refractivity contribution in [1.29, 1.82) is 0 Å². The molecule has 0 saturated carbocycles. The summed E-state index contributed by atoms with van der Waals surface area (Å²) < 4.78 is 37.0. The van der Waals surface area contributed by atoms with Crippen LogP contribution in [0.2, 0.25) is 0 Å². The van der Waals surface area contributed by atoms with Crippen molar-refractivity contribution >= 4 is 27.3 Å². The maximum atomic E-state index is 12.0. The van der Waals surface area contributed by atoms with Gasteiger partial charge in [-0.05, 0) is 38.8 Å². The number of aryl methyl sites for hydroxylation is 1. The summed E-state index contributed by atoms with van der Waals surface area (Å²) >= 11 is 1.12. The molecule has 2 atom stereocenters. The second-order valence-corrected chi connectivity index (χ2v) is 8.14. The van der Waals surface area contributed by atoms with E-state index < -0.39 is 22.0 Å². The minimum absolute atomic E-state index is 0.00296. The summed E-state index contributed by atoms with van der Waals surface area (Å²) in [6.07, 6.45) is 1.05. The van der Waals surface area contributed by atoms with Crippen LogP contribution in [0.4, 0.5) is 0 Å². The predicted octanol–water partition coefficient (Wildman–Crippen LogP) is 1.45. The van der Waals surface area contributed by atoms with Gasteiger partial charge in [0.2, 0.25) is 0 Å². The highest BCUT2D eigenvalue weighted by Crippen LogP contribution is 2.20. The van der Waals surface area contributed by atoms with Gasteiger partial charge in [-0.25, -0.2) is 13.1 Å². The summed E-state index contributed by atoms with van der Waals surface area (Å²) in [6.45, 7) is 4.34. The smallest absolute Gasteiger partial charge is 0.273 e. The normalized spacial score (nSPS) is 20.4. The highest BCUT2D eigenvalue weighted by Gasteiger charge is 2.25. The number of rotatable bonds is 6. The predicted molar refractivity (Wildman–Crippen MR) is 78.8 cm³/mol. The molecule has 2 heterocycles. The topological polar surface area (TPSA) is 81.7 Å². The lowest BCUT2D eigenvalue weighted by Crippen LogP contribution is -2.39. The Bertz CT molecular complexity index is 589. The van der Waals surface area contributed by atoms with Gasteiger partial charge in [0.05, 0.1) is 12.7 Å². The first-order valence-electron chi connectivity index (χ1n) is 6.75. The van der Waals surface area contributed by atoms with Gasteiger partial charge in [-0.1, -0.05) is 0 Å². The Morgan fingerprint density at radius 3 is 2.90 bits per heavy atom. The van der Waals surface area contributed by atoms with E-state index >= 15 is 0 Å². The van der Waals surface area contributed by atoms with Crippen LogP contribution < -0.4 is 4.72 Å². The van der Waals surface area contributed by atoms with Gasteiger partial charge >= 0.3 is 0 Å². The molecule has 1 aromatic heterocycles. The number of amides is 1. The van der Waals surface area contributed by atoms with Crippen molar-refractivity contribution in [3.63, 3.8) is 0 Å². The quantitative estimate of drug-likeness (QED) is 0.852. The molecule has 6 nitrogen and oxygen atoms in total. The van der Waals surface area contributed by atoms with Gasteiger partial charge in [0.25, 0.3) is 15.9 Å². The lowest BCUT2D eigenvalue weighted by molar-refractivity contribution is -0.131. The third kappa shape index (κ3) is 4.50. The maximum Gasteiger partial charge on any atom is 0.273 e. The van der Waals surface area contributed by atoms with E-state index in [1.54, 1.807) is 13.0 Å². The summed E-state index contributed by atoms with van der Waals surface area (Å²) in [5.41, 5.74) is 0. The largest absolute Gasteiger partial charge is 0.376 e. The minimum Gasteiger partial charge on any atom is -0.376 e. The molecule has 0 radical (unpaired) electrons. The van der Waals surface area contributed by atoms with E-state index in [1.807, 2.05) is 4.72 Å². The second kappa shape index (κ2) is 6.87. The third-order valence-electron chi connectivity index (χ3n) is 3.14. The minimum atomic E-state index is -3.81. The average molecular weight is 333 g/mol. The number of carbonyl (C=O) groups is 1. The van der Waals surface area contributed by atoms with E-state index in [4.69, 9.17) is 9.47 Å². The Kier molecular flexibility index (Phi) is 5.37. The molecule has 1 aliphatic rings. The van der Waals surface area contributed by atoms with Crippen LogP contribution in [-0.2, 0) is 24.3 Å². The summed E-state index contributed by atoms with van der Waals surface area (Å²) in [5.74, 6) is -0.668. The van der Waals surface area contributed by atoms with Crippen molar-refractivity contribution < 1.29 is 22.7 Å². The Morgan fingerprint density at radius 2 is 2.33 bits per heavy atom. The molecule has 0 aliphatic carbocycles. The molecule has 0 bridgehead atoms. The molecule has 0 aromatic carbocycles. The highest BCUT2D eigenvalue weighted by molar-refractivity contribution is 7.92. The molecule has 2 rings (SSSR count). The fourth-order valence-corrected chi connectivity index (χ4v) is 4.25. The number of hydrogen-bond donors (Lipinski definition) is 1. The first-order valence-corrected chi connectivity index (χ1v) is 9.05. The molecule has 21 heavy (non-hydrogen) atoms. The molecule has 118 valence electrons. The van der Waals surface area contributed by atoms with Crippen molar-refractivity contribution in [2.45, 2.75) is 43.1 Å². The number of sulfonamides is 1. The molecule has 1 aromatic rings. The molecule has 1 amide bonds. The number of hydrogen-bond acceptors (Lipinski definition) is 6. The van der Waals surface area contributed by atoms with Crippen molar-refractivity contribution in [3.8, 4) is 0 Å². The lowest BCUT2D eigenvalue weighted by atomic mass is 10.2. The fourth-order valence-electron chi connectivity index (χ4n) is 1.93. The molecular formula is C13H19NO5S2. The number of nitrogens with one attached hydrogen (secondary N) is 1. The van der Waals surface area contributed by atoms with Gasteiger partial charge in [0.15, 0.2) is 0 Å². The van der Waals surface area contributed by atoms with Gasteiger partial charge in [-0.15, -0.1) is 11.3 Å². The second-order valence-electron chi connectivity index (χ2n) is 4.95. The van der Waals surface area contributed by atoms with E-state index in [2.05, 4.69) is 0 Å². The molecule has 1 aliphatic heterocycles. The molecule has 2 unspecified atom stereocenters. The van der Waals surface area contributed by atoms with Crippen LogP contribution in [0.5, 0.6) is 0 Å². The van der Waals surface area contributed by atoms with Crippen LogP contribution in [0.15, 0.2) is 16.3 Å². The van der Waals surface area contributed by atoms with Gasteiger partial charge in [0.1, 0.15) is 10.3 Å². The Morgan fingerprint density at radius 1 is 1.57 bits per heavy atom. The van der Waals surface area contributed by atoms with Crippen LogP contribution in [0, 0.1) is 6.92 Å². The van der Waals surface area contributed by atoms with Gasteiger partial charge in [-0.2, -0.15) is 0 Å². The Hall–Kier alpha value is -0.960. The standard InChI is InChI=1S/C13H19NO5S2/c1-9-5-6-12(20-9)21(16,17)14-13(15)10(2)19-8-11-4-3-7-18-11/h5-6,10-11H,3-4,7-8H2,1-2H3,(H,14,15). The van der Waals surface area contributed by atoms with E-state index in [0.717, 1.165) is 29.1 Å². The SMILES string of the molecule is Cc1ccc(S(=O)(=O)NC(=O)C(C)OCC2CCCO2)s1. The van der Waals surface area contributed by atoms with Crippen molar-refractivity contribution in [3.05, 3.63) is 17.0 Å². The highest BCUT2D eigenvalue weighted by atomic mass is 32.2. The van der Waals surface area contributed by atoms with Crippen molar-refractivity contribution in [2.24, 2.45) is 0 Å². The zero-order valence-corrected chi connectivity index (χ0v) is 13.6. The average Bonchev–Trinajstić information content (AvgIpc) is 3.06. The Labute approximate surface area is 128 Å². The Balaban J connectivity index is 1.87. The van der Waals surface area contributed by atoms with Crippen LogP contribution in [0.3, 0.4) is 0 Å². The molecule has 8 heteroatoms. The number of thiophene rings is 1. The molecule has 1 N–H and O–H groups in total. The van der Waals surface area contributed by atoms with Gasteiger partial charge in [0, 0.05) is 11.5 Å². The zero-order valence-electron chi connectivity index (χ0n) is 12.0. The number of carbonyl (C=O) groups excluding carboxylic acids is 1. The maximum absolute atomic E-state index is 12.0. The van der Waals surface area contributed by atoms with Crippen LogP contribution >= 0.6 is 11.3 Å². The molecular weight excluding hydrogens is 314 g/mol. The molecule has 1 fully saturated rings. The first kappa shape index (κ1) is 16.4. The van der Waals surface area contributed by atoms with Gasteiger partial charge in [-0.3, -0.25) is 4.79 Å². The van der Waals surface area contributed by atoms with Crippen LogP contribution in [-0.4, -0.2) is 39.7 Å². The van der Waals surface area contributed by atoms with Crippen LogP contribution in [0.1, 0.15) is 24.6 Å². The summed E-state index contributed by atoms with van der Waals surface area (Å²) in [4.78, 5) is 12.8. The summed E-state index contributed by atoms with van der Waals surface area (Å²) in [6, 6.07) is 3.18. The van der Waals surface area contributed by atoms with E-state index in [1.165, 1.54) is 13.0 Å². The van der Waals surface area contributed by atoms with E-state index in [9.17, 15) is 13.2 Å². The molecule has 0 spiro atoms. The number of ether oxygens (including phenoxy) is 2. The summed E-state index contributed by atoms with van der Waals surface area (Å²) in [7, 11) is -3.81. The van der Waals surface area contributed by atoms with Crippen LogP contribution in [0.25, 0.3) is 0 Å². The third-order valence-corrected chi connectivity index (χ3v) is 5.98. The fraction of sp³-hybridized carbons (Fsp3) is 0.615. The summed E-state index contributed by atoms with van der Waals surface area (Å²) in [5, 5.41) is 0. The first-order chi connectivity index (χ1) is 9.88. The zero-order chi connectivity index (χ0) is 15.5. The lowest BCUT2D eigenvalue weighted by Gasteiger charge is -2.15. The van der Waals surface area contributed by atoms with E-state index in [0.29, 0.717) is 13.2 Å². The monoisotopic (exact) mass is 333 g/mol. The van der Waals surface area contributed by atoms with Crippen molar-refractivity contribution in [2.75, 3.05) is 13.2 Å². The van der Waals surface area contributed by atoms with E-state index in [-0.39, 0.29) is 10.3 Å². The van der Waals surface area contributed by atoms with Gasteiger partial charge < -0.3 is 9.47 Å². The molecule has 1 saturated heterocycles.